The van der Waals surface area contributed by atoms with E-state index >= 15 is 0 Å². The molecular weight excluding hydrogens is 430 g/mol. The van der Waals surface area contributed by atoms with Crippen LogP contribution in [0.15, 0.2) is 30.3 Å². The number of benzene rings is 1. The zero-order valence-electron chi connectivity index (χ0n) is 19.2. The van der Waals surface area contributed by atoms with E-state index in [1.54, 1.807) is 12.1 Å². The van der Waals surface area contributed by atoms with Crippen molar-refractivity contribution in [1.82, 2.24) is 19.9 Å². The fraction of sp³-hybridized carbons (Fsp3) is 0.435. The molecule has 1 N–H and O–H groups in total. The van der Waals surface area contributed by atoms with Gasteiger partial charge < -0.3 is 19.7 Å². The summed E-state index contributed by atoms with van der Waals surface area (Å²) in [6.07, 6.45) is 1.65. The van der Waals surface area contributed by atoms with E-state index < -0.39 is 5.97 Å². The van der Waals surface area contributed by atoms with Crippen molar-refractivity contribution >= 4 is 29.0 Å². The lowest BCUT2D eigenvalue weighted by molar-refractivity contribution is 0.0596. The smallest absolute Gasteiger partial charge is 0.341 e. The molecule has 0 aliphatic heterocycles. The second-order valence-electron chi connectivity index (χ2n) is 7.64. The number of aryl methyl sites for hydroxylation is 1. The lowest BCUT2D eigenvalue weighted by Gasteiger charge is -2.20. The topological polar surface area (TPSA) is 81.0 Å². The first kappa shape index (κ1) is 23.8. The van der Waals surface area contributed by atoms with Gasteiger partial charge in [0.05, 0.1) is 25.5 Å². The molecule has 172 valence electrons. The van der Waals surface area contributed by atoms with Crippen molar-refractivity contribution in [1.29, 1.82) is 0 Å². The number of halogens is 1. The number of nitrogens with zero attached hydrogens (tertiary/aromatic N) is 4. The van der Waals surface area contributed by atoms with E-state index in [1.807, 2.05) is 43.7 Å². The second-order valence-corrected chi connectivity index (χ2v) is 8.03. The fourth-order valence-electron chi connectivity index (χ4n) is 3.59. The lowest BCUT2D eigenvalue weighted by atomic mass is 10.1. The zero-order valence-corrected chi connectivity index (χ0v) is 19.9. The summed E-state index contributed by atoms with van der Waals surface area (Å²) < 4.78 is 12.6. The highest BCUT2D eigenvalue weighted by Gasteiger charge is 2.17. The highest BCUT2D eigenvalue weighted by molar-refractivity contribution is 6.29. The number of hydrogen-bond donors (Lipinski definition) is 1. The Labute approximate surface area is 193 Å². The summed E-state index contributed by atoms with van der Waals surface area (Å²) in [6, 6.07) is 9.40. The molecule has 2 aromatic heterocycles. The molecule has 0 unspecified atom stereocenters. The summed E-state index contributed by atoms with van der Waals surface area (Å²) in [5.41, 5.74) is 3.04. The van der Waals surface area contributed by atoms with Crippen LogP contribution in [0, 0.1) is 6.92 Å². The van der Waals surface area contributed by atoms with Gasteiger partial charge >= 0.3 is 5.97 Å². The first-order chi connectivity index (χ1) is 15.4. The number of anilines is 1. The summed E-state index contributed by atoms with van der Waals surface area (Å²) >= 11 is 6.28. The van der Waals surface area contributed by atoms with Gasteiger partial charge in [0.15, 0.2) is 5.65 Å². The Balaban J connectivity index is 1.69. The minimum absolute atomic E-state index is 0.153. The van der Waals surface area contributed by atoms with Crippen LogP contribution in [0.3, 0.4) is 0 Å². The second kappa shape index (κ2) is 10.7. The van der Waals surface area contributed by atoms with Gasteiger partial charge in [-0.1, -0.05) is 30.2 Å². The Hall–Kier alpha value is -2.84. The van der Waals surface area contributed by atoms with Gasteiger partial charge in [0.2, 0.25) is 0 Å². The number of nitrogens with one attached hydrogen (secondary N) is 1. The van der Waals surface area contributed by atoms with Gasteiger partial charge in [0.25, 0.3) is 0 Å². The van der Waals surface area contributed by atoms with Crippen LogP contribution in [-0.4, -0.2) is 54.9 Å². The molecule has 1 aromatic carbocycles. The summed E-state index contributed by atoms with van der Waals surface area (Å²) in [5, 5.41) is 8.44. The van der Waals surface area contributed by atoms with Crippen molar-refractivity contribution in [3.63, 3.8) is 0 Å². The molecule has 32 heavy (non-hydrogen) atoms. The average molecular weight is 460 g/mol. The van der Waals surface area contributed by atoms with Crippen molar-refractivity contribution < 1.29 is 14.3 Å². The molecule has 0 amide bonds. The van der Waals surface area contributed by atoms with E-state index in [0.29, 0.717) is 35.3 Å². The van der Waals surface area contributed by atoms with E-state index in [4.69, 9.17) is 26.2 Å². The van der Waals surface area contributed by atoms with Crippen LogP contribution >= 0.6 is 11.6 Å². The van der Waals surface area contributed by atoms with Crippen LogP contribution in [0.2, 0.25) is 5.15 Å². The van der Waals surface area contributed by atoms with Gasteiger partial charge in [0.1, 0.15) is 22.3 Å². The Kier molecular flexibility index (Phi) is 7.93. The zero-order chi connectivity index (χ0) is 23.3. The Morgan fingerprint density at radius 2 is 2.09 bits per heavy atom. The van der Waals surface area contributed by atoms with Crippen molar-refractivity contribution in [3.8, 4) is 5.75 Å². The molecule has 0 bridgehead atoms. The average Bonchev–Trinajstić information content (AvgIpc) is 3.20. The van der Waals surface area contributed by atoms with Gasteiger partial charge in [-0.2, -0.15) is 9.61 Å². The molecule has 0 aliphatic rings. The fourth-order valence-corrected chi connectivity index (χ4v) is 3.77. The third kappa shape index (κ3) is 5.31. The van der Waals surface area contributed by atoms with Crippen LogP contribution in [-0.2, 0) is 4.74 Å². The van der Waals surface area contributed by atoms with Gasteiger partial charge in [-0.15, -0.1) is 0 Å². The van der Waals surface area contributed by atoms with Crippen LogP contribution in [0.4, 0.5) is 5.82 Å². The Morgan fingerprint density at radius 3 is 2.78 bits per heavy atom. The van der Waals surface area contributed by atoms with Gasteiger partial charge in [-0.3, -0.25) is 0 Å². The maximum Gasteiger partial charge on any atom is 0.341 e. The molecule has 0 radical (unpaired) electrons. The van der Waals surface area contributed by atoms with Crippen LogP contribution in [0.1, 0.15) is 47.4 Å². The third-order valence-corrected chi connectivity index (χ3v) is 5.53. The van der Waals surface area contributed by atoms with Crippen molar-refractivity contribution in [2.45, 2.75) is 32.7 Å². The molecule has 0 saturated heterocycles. The largest absolute Gasteiger partial charge is 0.493 e. The number of rotatable bonds is 10. The van der Waals surface area contributed by atoms with Crippen LogP contribution < -0.4 is 15.0 Å². The van der Waals surface area contributed by atoms with Crippen LogP contribution in [0.5, 0.6) is 5.75 Å². The molecule has 0 aliphatic carbocycles. The van der Waals surface area contributed by atoms with Crippen molar-refractivity contribution in [2.24, 2.45) is 0 Å². The van der Waals surface area contributed by atoms with E-state index in [2.05, 4.69) is 22.1 Å². The maximum atomic E-state index is 12.0. The lowest BCUT2D eigenvalue weighted by Crippen LogP contribution is -2.23. The van der Waals surface area contributed by atoms with E-state index in [-0.39, 0.29) is 6.04 Å². The molecule has 0 saturated carbocycles. The number of carbonyl (C=O) groups excluding carboxylic acids is 1. The maximum absolute atomic E-state index is 12.0. The molecule has 1 atom stereocenters. The molecule has 0 fully saturated rings. The Bertz CT molecular complexity index is 1080. The van der Waals surface area contributed by atoms with Gasteiger partial charge in [0, 0.05) is 25.7 Å². The first-order valence-electron chi connectivity index (χ1n) is 10.6. The van der Waals surface area contributed by atoms with Gasteiger partial charge in [-0.05, 0) is 38.9 Å². The summed E-state index contributed by atoms with van der Waals surface area (Å²) in [7, 11) is 5.27. The van der Waals surface area contributed by atoms with E-state index in [9.17, 15) is 4.79 Å². The van der Waals surface area contributed by atoms with Gasteiger partial charge in [-0.25, -0.2) is 9.78 Å². The van der Waals surface area contributed by atoms with E-state index in [1.165, 1.54) is 7.11 Å². The normalized spacial score (nSPS) is 12.1. The number of fused-ring (bicyclic) bond motifs is 1. The number of carbonyl (C=O) groups is 1. The standard InChI is InChI=1S/C23H30ClN5O3/c1-6-17(25-3)18-13-21-26-20(24)14-22(29(21)27-18)28(4)10-7-11-32-19-9-8-15(2)12-16(19)23(30)31-5/h8-9,12-14,17,25H,6-7,10-11H2,1-5H3/t17-/m0/s1. The van der Waals surface area contributed by atoms with Crippen molar-refractivity contribution in [3.05, 3.63) is 52.3 Å². The van der Waals surface area contributed by atoms with E-state index in [0.717, 1.165) is 29.9 Å². The summed E-state index contributed by atoms with van der Waals surface area (Å²) in [5.74, 6) is 0.965. The number of ether oxygens (including phenoxy) is 2. The third-order valence-electron chi connectivity index (χ3n) is 5.34. The highest BCUT2D eigenvalue weighted by Crippen LogP contribution is 2.24. The predicted molar refractivity (Wildman–Crippen MR) is 126 cm³/mol. The monoisotopic (exact) mass is 459 g/mol. The first-order valence-corrected chi connectivity index (χ1v) is 11.0. The summed E-state index contributed by atoms with van der Waals surface area (Å²) in [4.78, 5) is 18.5. The molecule has 0 spiro atoms. The molecule has 3 rings (SSSR count). The number of hydrogen-bond acceptors (Lipinski definition) is 7. The highest BCUT2D eigenvalue weighted by atomic mass is 35.5. The SMILES string of the molecule is CC[C@H](NC)c1cc2nc(Cl)cc(N(C)CCCOc3ccc(C)cc3C(=O)OC)n2n1. The molecular formula is C23H30ClN5O3. The quantitative estimate of drug-likeness (QED) is 0.278. The molecule has 3 aromatic rings. The molecule has 8 nitrogen and oxygen atoms in total. The minimum atomic E-state index is -0.406. The number of esters is 1. The number of methoxy groups -OCH3 is 1. The number of aromatic nitrogens is 3. The van der Waals surface area contributed by atoms with Crippen LogP contribution in [0.25, 0.3) is 5.65 Å². The molecule has 9 heteroatoms. The predicted octanol–water partition coefficient (Wildman–Crippen LogP) is 4.05. The Morgan fingerprint density at radius 1 is 1.31 bits per heavy atom. The summed E-state index contributed by atoms with van der Waals surface area (Å²) in [6.45, 7) is 5.18. The molecule has 2 heterocycles. The minimum Gasteiger partial charge on any atom is -0.493 e. The van der Waals surface area contributed by atoms with Crippen molar-refractivity contribution in [2.75, 3.05) is 39.3 Å².